The monoisotopic (exact) mass is 709 g/mol. The first kappa shape index (κ1) is 48.4. The second kappa shape index (κ2) is 40.2. The summed E-state index contributed by atoms with van der Waals surface area (Å²) in [6, 6.07) is 0. The fraction of sp³-hybridized carbons (Fsp3) is 0.932. The molecule has 0 aromatic heterocycles. The zero-order valence-electron chi connectivity index (χ0n) is 33.7. The van der Waals surface area contributed by atoms with Crippen LogP contribution in [0.4, 0.5) is 0 Å². The van der Waals surface area contributed by atoms with Crippen molar-refractivity contribution in [1.29, 1.82) is 0 Å². The molecule has 0 saturated heterocycles. The van der Waals surface area contributed by atoms with E-state index in [1.54, 1.807) is 0 Å². The van der Waals surface area contributed by atoms with Gasteiger partial charge in [0.05, 0.1) is 0 Å². The van der Waals surface area contributed by atoms with Gasteiger partial charge >= 0.3 is 17.9 Å². The second-order valence-corrected chi connectivity index (χ2v) is 15.0. The van der Waals surface area contributed by atoms with Gasteiger partial charge in [0.25, 0.3) is 0 Å². The predicted molar refractivity (Wildman–Crippen MR) is 210 cm³/mol. The van der Waals surface area contributed by atoms with Gasteiger partial charge in [-0.25, -0.2) is 0 Å². The molecule has 0 spiro atoms. The minimum atomic E-state index is -0.756. The lowest BCUT2D eigenvalue weighted by atomic mass is 10.0. The summed E-state index contributed by atoms with van der Waals surface area (Å²) < 4.78 is 16.6. The third-order valence-electron chi connectivity index (χ3n) is 9.86. The molecule has 0 fully saturated rings. The van der Waals surface area contributed by atoms with Crippen molar-refractivity contribution in [3.05, 3.63) is 0 Å². The van der Waals surface area contributed by atoms with Crippen LogP contribution in [-0.4, -0.2) is 37.2 Å². The van der Waals surface area contributed by atoms with Crippen LogP contribution in [0.15, 0.2) is 0 Å². The van der Waals surface area contributed by atoms with E-state index in [4.69, 9.17) is 14.2 Å². The van der Waals surface area contributed by atoms with E-state index in [-0.39, 0.29) is 31.1 Å². The Kier molecular flexibility index (Phi) is 38.9. The van der Waals surface area contributed by atoms with Crippen LogP contribution in [0.5, 0.6) is 0 Å². The van der Waals surface area contributed by atoms with E-state index >= 15 is 0 Å². The Morgan fingerprint density at radius 2 is 0.540 bits per heavy atom. The summed E-state index contributed by atoms with van der Waals surface area (Å²) in [6.07, 6.45) is 39.5. The number of unbranched alkanes of at least 4 members (excludes halogenated alkanes) is 29. The highest BCUT2D eigenvalue weighted by Crippen LogP contribution is 2.15. The lowest BCUT2D eigenvalue weighted by Gasteiger charge is -2.18. The molecule has 6 nitrogen and oxygen atoms in total. The Bertz CT molecular complexity index is 738. The Labute approximate surface area is 310 Å². The molecule has 1 unspecified atom stereocenters. The van der Waals surface area contributed by atoms with Gasteiger partial charge in [-0.05, 0) is 19.3 Å². The first-order chi connectivity index (χ1) is 24.5. The third-order valence-corrected chi connectivity index (χ3v) is 9.86. The van der Waals surface area contributed by atoms with Crippen LogP contribution in [0.1, 0.15) is 245 Å². The van der Waals surface area contributed by atoms with Gasteiger partial charge in [-0.1, -0.05) is 207 Å². The van der Waals surface area contributed by atoms with Gasteiger partial charge in [0.2, 0.25) is 0 Å². The average molecular weight is 709 g/mol. The lowest BCUT2D eigenvalue weighted by molar-refractivity contribution is -0.167. The van der Waals surface area contributed by atoms with Gasteiger partial charge in [-0.2, -0.15) is 0 Å². The van der Waals surface area contributed by atoms with Crippen molar-refractivity contribution < 1.29 is 28.6 Å². The number of esters is 3. The van der Waals surface area contributed by atoms with E-state index in [1.165, 1.54) is 148 Å². The van der Waals surface area contributed by atoms with E-state index in [1.807, 2.05) is 0 Å². The molecule has 0 aromatic carbocycles. The van der Waals surface area contributed by atoms with Gasteiger partial charge in [0.1, 0.15) is 13.2 Å². The van der Waals surface area contributed by atoms with E-state index in [2.05, 4.69) is 20.8 Å². The molecule has 6 heteroatoms. The molecule has 296 valence electrons. The quantitative estimate of drug-likeness (QED) is 0.0358. The van der Waals surface area contributed by atoms with E-state index in [9.17, 15) is 14.4 Å². The highest BCUT2D eigenvalue weighted by atomic mass is 16.6. The molecule has 0 aliphatic carbocycles. The number of carbonyl (C=O) groups excluding carboxylic acids is 3. The van der Waals surface area contributed by atoms with Gasteiger partial charge in [-0.15, -0.1) is 0 Å². The molecule has 0 rings (SSSR count). The molecule has 0 radical (unpaired) electrons. The maximum absolute atomic E-state index is 12.6. The number of hydrogen-bond acceptors (Lipinski definition) is 6. The molecule has 0 aromatic rings. The summed E-state index contributed by atoms with van der Waals surface area (Å²) in [4.78, 5) is 37.5. The zero-order chi connectivity index (χ0) is 36.6. The topological polar surface area (TPSA) is 78.9 Å². The summed E-state index contributed by atoms with van der Waals surface area (Å²) in [5.41, 5.74) is 0. The molecule has 0 aliphatic heterocycles. The predicted octanol–water partition coefficient (Wildman–Crippen LogP) is 13.7. The molecule has 0 heterocycles. The molecular weight excluding hydrogens is 624 g/mol. The molecule has 50 heavy (non-hydrogen) atoms. The first-order valence-corrected chi connectivity index (χ1v) is 22.0. The number of ether oxygens (including phenoxy) is 3. The van der Waals surface area contributed by atoms with Crippen molar-refractivity contribution in [3.63, 3.8) is 0 Å². The van der Waals surface area contributed by atoms with E-state index in [0.717, 1.165) is 57.8 Å². The van der Waals surface area contributed by atoms with E-state index in [0.29, 0.717) is 19.3 Å². The average Bonchev–Trinajstić information content (AvgIpc) is 3.11. The SMILES string of the molecule is CCCCCCCCCCCCCCCC(=O)OCC(COC(=O)CCCCCCCCC)OC(=O)CCCCCCCCCCCCCC. The summed E-state index contributed by atoms with van der Waals surface area (Å²) in [5.74, 6) is -0.860. The van der Waals surface area contributed by atoms with Crippen LogP contribution in [0.2, 0.25) is 0 Å². The standard InChI is InChI=1S/C44H84O6/c1-4-7-10-13-16-18-20-22-24-25-28-31-34-37-43(46)49-40-41(39-48-42(45)36-33-30-27-15-12-9-6-3)50-44(47)38-35-32-29-26-23-21-19-17-14-11-8-5-2/h41H,4-40H2,1-3H3. The molecule has 0 saturated carbocycles. The van der Waals surface area contributed by atoms with Crippen LogP contribution < -0.4 is 0 Å². The largest absolute Gasteiger partial charge is 0.462 e. The van der Waals surface area contributed by atoms with Crippen molar-refractivity contribution in [2.45, 2.75) is 252 Å². The summed E-state index contributed by atoms with van der Waals surface area (Å²) >= 11 is 0. The molecule has 0 amide bonds. The number of rotatable bonds is 40. The van der Waals surface area contributed by atoms with Crippen LogP contribution in [-0.2, 0) is 28.6 Å². The van der Waals surface area contributed by atoms with E-state index < -0.39 is 6.10 Å². The summed E-state index contributed by atoms with van der Waals surface area (Å²) in [7, 11) is 0. The Balaban J connectivity index is 4.27. The normalized spacial score (nSPS) is 11.8. The summed E-state index contributed by atoms with van der Waals surface area (Å²) in [6.45, 7) is 6.60. The number of carbonyl (C=O) groups is 3. The minimum Gasteiger partial charge on any atom is -0.462 e. The Morgan fingerprint density at radius 3 is 0.800 bits per heavy atom. The number of hydrogen-bond donors (Lipinski definition) is 0. The van der Waals surface area contributed by atoms with Crippen molar-refractivity contribution in [2.75, 3.05) is 13.2 Å². The fourth-order valence-corrected chi connectivity index (χ4v) is 6.50. The van der Waals surface area contributed by atoms with Gasteiger partial charge < -0.3 is 14.2 Å². The highest BCUT2D eigenvalue weighted by molar-refractivity contribution is 5.71. The van der Waals surface area contributed by atoms with Crippen LogP contribution >= 0.6 is 0 Å². The van der Waals surface area contributed by atoms with Crippen molar-refractivity contribution in [1.82, 2.24) is 0 Å². The van der Waals surface area contributed by atoms with Crippen LogP contribution in [0, 0.1) is 0 Å². The highest BCUT2D eigenvalue weighted by Gasteiger charge is 2.19. The van der Waals surface area contributed by atoms with Crippen molar-refractivity contribution in [2.24, 2.45) is 0 Å². The zero-order valence-corrected chi connectivity index (χ0v) is 33.7. The Hall–Kier alpha value is -1.59. The lowest BCUT2D eigenvalue weighted by Crippen LogP contribution is -2.30. The fourth-order valence-electron chi connectivity index (χ4n) is 6.50. The maximum Gasteiger partial charge on any atom is 0.306 e. The van der Waals surface area contributed by atoms with Gasteiger partial charge in [0.15, 0.2) is 6.10 Å². The second-order valence-electron chi connectivity index (χ2n) is 15.0. The van der Waals surface area contributed by atoms with Gasteiger partial charge in [0, 0.05) is 19.3 Å². The Morgan fingerprint density at radius 1 is 0.320 bits per heavy atom. The molecule has 0 N–H and O–H groups in total. The minimum absolute atomic E-state index is 0.0633. The molecule has 1 atom stereocenters. The van der Waals surface area contributed by atoms with Crippen molar-refractivity contribution >= 4 is 17.9 Å². The van der Waals surface area contributed by atoms with Gasteiger partial charge in [-0.3, -0.25) is 14.4 Å². The maximum atomic E-state index is 12.6. The molecular formula is C44H84O6. The molecule has 0 aliphatic rings. The smallest absolute Gasteiger partial charge is 0.306 e. The van der Waals surface area contributed by atoms with Crippen LogP contribution in [0.3, 0.4) is 0 Å². The summed E-state index contributed by atoms with van der Waals surface area (Å²) in [5, 5.41) is 0. The van der Waals surface area contributed by atoms with Crippen molar-refractivity contribution in [3.8, 4) is 0 Å². The molecule has 0 bridgehead atoms. The third kappa shape index (κ3) is 37.7. The van der Waals surface area contributed by atoms with Crippen LogP contribution in [0.25, 0.3) is 0 Å². The first-order valence-electron chi connectivity index (χ1n) is 22.0.